The molecular weight excluding hydrogens is 294 g/mol. The van der Waals surface area contributed by atoms with Crippen LogP contribution >= 0.6 is 23.1 Å². The largest absolute Gasteiger partial charge is 0.416 e. The van der Waals surface area contributed by atoms with Crippen LogP contribution in [0, 0.1) is 6.92 Å². The number of imidazole rings is 1. The maximum absolute atomic E-state index is 5.60. The summed E-state index contributed by atoms with van der Waals surface area (Å²) in [7, 11) is 1.96. The molecule has 0 bridgehead atoms. The van der Waals surface area contributed by atoms with Gasteiger partial charge in [-0.25, -0.2) is 9.97 Å². The van der Waals surface area contributed by atoms with Gasteiger partial charge in [-0.05, 0) is 6.92 Å². The predicted molar refractivity (Wildman–Crippen MR) is 76.7 cm³/mol. The standard InChI is InChI=1S/C12H13N5OS2/c1-8-14-9(6-19-8)5-11-15-16-12(18-11)20-7-10-13-3-4-17(10)2/h3-4,6H,5,7H2,1-2H3. The summed E-state index contributed by atoms with van der Waals surface area (Å²) in [5.41, 5.74) is 0.969. The van der Waals surface area contributed by atoms with Gasteiger partial charge in [-0.3, -0.25) is 0 Å². The minimum absolute atomic E-state index is 0.565. The highest BCUT2D eigenvalue weighted by molar-refractivity contribution is 7.98. The van der Waals surface area contributed by atoms with Crippen molar-refractivity contribution in [1.29, 1.82) is 0 Å². The Labute approximate surface area is 124 Å². The smallest absolute Gasteiger partial charge is 0.277 e. The van der Waals surface area contributed by atoms with E-state index in [1.54, 1.807) is 17.5 Å². The number of nitrogens with zero attached hydrogens (tertiary/aromatic N) is 5. The van der Waals surface area contributed by atoms with Gasteiger partial charge in [0.1, 0.15) is 5.82 Å². The van der Waals surface area contributed by atoms with E-state index in [4.69, 9.17) is 4.42 Å². The highest BCUT2D eigenvalue weighted by Crippen LogP contribution is 2.21. The zero-order valence-electron chi connectivity index (χ0n) is 11.1. The van der Waals surface area contributed by atoms with Gasteiger partial charge in [0, 0.05) is 24.8 Å². The molecule has 104 valence electrons. The van der Waals surface area contributed by atoms with Gasteiger partial charge in [0.2, 0.25) is 5.89 Å². The summed E-state index contributed by atoms with van der Waals surface area (Å²) in [5.74, 6) is 2.28. The quantitative estimate of drug-likeness (QED) is 0.674. The molecule has 6 nitrogen and oxygen atoms in total. The van der Waals surface area contributed by atoms with E-state index >= 15 is 0 Å². The molecule has 0 aliphatic carbocycles. The number of hydrogen-bond acceptors (Lipinski definition) is 7. The van der Waals surface area contributed by atoms with Gasteiger partial charge in [0.25, 0.3) is 5.22 Å². The summed E-state index contributed by atoms with van der Waals surface area (Å²) >= 11 is 3.11. The minimum atomic E-state index is 0.565. The lowest BCUT2D eigenvalue weighted by Crippen LogP contribution is -1.94. The van der Waals surface area contributed by atoms with E-state index in [2.05, 4.69) is 20.2 Å². The van der Waals surface area contributed by atoms with Crippen LogP contribution in [0.3, 0.4) is 0 Å². The lowest BCUT2D eigenvalue weighted by atomic mass is 10.3. The molecule has 0 atom stereocenters. The van der Waals surface area contributed by atoms with Crippen LogP contribution in [-0.2, 0) is 19.2 Å². The molecule has 3 aromatic heterocycles. The van der Waals surface area contributed by atoms with Crippen molar-refractivity contribution in [2.75, 3.05) is 0 Å². The Morgan fingerprint density at radius 2 is 2.30 bits per heavy atom. The third-order valence-electron chi connectivity index (χ3n) is 2.69. The molecule has 3 rings (SSSR count). The highest BCUT2D eigenvalue weighted by atomic mass is 32.2. The number of aromatic nitrogens is 5. The molecule has 3 heterocycles. The fourth-order valence-electron chi connectivity index (χ4n) is 1.67. The van der Waals surface area contributed by atoms with E-state index in [0.29, 0.717) is 23.3 Å². The van der Waals surface area contributed by atoms with E-state index in [0.717, 1.165) is 16.5 Å². The molecule has 3 aromatic rings. The first-order valence-corrected chi connectivity index (χ1v) is 7.89. The molecule has 0 N–H and O–H groups in total. The summed E-state index contributed by atoms with van der Waals surface area (Å²) in [6.07, 6.45) is 4.28. The third-order valence-corrected chi connectivity index (χ3v) is 4.33. The SMILES string of the molecule is Cc1nc(Cc2nnc(SCc3nccn3C)o2)cs1. The molecule has 0 unspecified atom stereocenters. The predicted octanol–water partition coefficient (Wildman–Crippen LogP) is 2.45. The van der Waals surface area contributed by atoms with Crippen molar-refractivity contribution in [3.63, 3.8) is 0 Å². The summed E-state index contributed by atoms with van der Waals surface area (Å²) < 4.78 is 7.58. The van der Waals surface area contributed by atoms with Crippen molar-refractivity contribution in [3.05, 3.63) is 40.2 Å². The Balaban J connectivity index is 1.60. The van der Waals surface area contributed by atoms with Crippen molar-refractivity contribution in [2.45, 2.75) is 24.3 Å². The molecule has 0 fully saturated rings. The summed E-state index contributed by atoms with van der Waals surface area (Å²) in [4.78, 5) is 8.64. The van der Waals surface area contributed by atoms with E-state index in [9.17, 15) is 0 Å². The van der Waals surface area contributed by atoms with E-state index in [1.165, 1.54) is 11.8 Å². The second kappa shape index (κ2) is 5.76. The zero-order chi connectivity index (χ0) is 13.9. The van der Waals surface area contributed by atoms with Crippen LogP contribution in [-0.4, -0.2) is 24.7 Å². The highest BCUT2D eigenvalue weighted by Gasteiger charge is 2.10. The maximum Gasteiger partial charge on any atom is 0.277 e. The summed E-state index contributed by atoms with van der Waals surface area (Å²) in [6.45, 7) is 1.98. The normalized spacial score (nSPS) is 11.1. The summed E-state index contributed by atoms with van der Waals surface area (Å²) in [5, 5.41) is 11.7. The van der Waals surface area contributed by atoms with Gasteiger partial charge in [0.15, 0.2) is 0 Å². The van der Waals surface area contributed by atoms with Crippen molar-refractivity contribution >= 4 is 23.1 Å². The van der Waals surface area contributed by atoms with E-state index in [-0.39, 0.29) is 0 Å². The molecule has 0 spiro atoms. The van der Waals surface area contributed by atoms with Crippen LogP contribution in [0.1, 0.15) is 22.4 Å². The Morgan fingerprint density at radius 3 is 3.00 bits per heavy atom. The van der Waals surface area contributed by atoms with Crippen LogP contribution in [0.4, 0.5) is 0 Å². The molecule has 0 radical (unpaired) electrons. The second-order valence-electron chi connectivity index (χ2n) is 4.24. The van der Waals surface area contributed by atoms with Crippen LogP contribution in [0.5, 0.6) is 0 Å². The first kappa shape index (κ1) is 13.3. The number of aryl methyl sites for hydroxylation is 2. The molecule has 8 heteroatoms. The molecule has 0 amide bonds. The van der Waals surface area contributed by atoms with Gasteiger partial charge < -0.3 is 8.98 Å². The molecule has 0 saturated heterocycles. The topological polar surface area (TPSA) is 69.6 Å². The van der Waals surface area contributed by atoms with Crippen molar-refractivity contribution in [1.82, 2.24) is 24.7 Å². The monoisotopic (exact) mass is 307 g/mol. The van der Waals surface area contributed by atoms with Crippen LogP contribution in [0.25, 0.3) is 0 Å². The number of thioether (sulfide) groups is 1. The Hall–Kier alpha value is -1.67. The molecule has 20 heavy (non-hydrogen) atoms. The molecule has 0 aliphatic rings. The molecule has 0 aliphatic heterocycles. The lowest BCUT2D eigenvalue weighted by molar-refractivity contribution is 0.419. The summed E-state index contributed by atoms with van der Waals surface area (Å²) in [6, 6.07) is 0. The fourth-order valence-corrected chi connectivity index (χ4v) is 3.07. The van der Waals surface area contributed by atoms with Gasteiger partial charge in [-0.1, -0.05) is 11.8 Å². The van der Waals surface area contributed by atoms with Gasteiger partial charge >= 0.3 is 0 Å². The fraction of sp³-hybridized carbons (Fsp3) is 0.333. The number of rotatable bonds is 5. The van der Waals surface area contributed by atoms with Gasteiger partial charge in [-0.2, -0.15) is 0 Å². The zero-order valence-corrected chi connectivity index (χ0v) is 12.7. The first-order valence-electron chi connectivity index (χ1n) is 6.03. The van der Waals surface area contributed by atoms with Gasteiger partial charge in [0.05, 0.1) is 22.9 Å². The Bertz CT molecular complexity index is 702. The first-order chi connectivity index (χ1) is 9.70. The van der Waals surface area contributed by atoms with Crippen molar-refractivity contribution in [2.24, 2.45) is 7.05 Å². The van der Waals surface area contributed by atoms with E-state index in [1.807, 2.05) is 30.1 Å². The van der Waals surface area contributed by atoms with E-state index < -0.39 is 0 Å². The van der Waals surface area contributed by atoms with Crippen molar-refractivity contribution < 1.29 is 4.42 Å². The maximum atomic E-state index is 5.60. The third kappa shape index (κ3) is 3.07. The van der Waals surface area contributed by atoms with Crippen LogP contribution in [0.15, 0.2) is 27.4 Å². The van der Waals surface area contributed by atoms with Crippen molar-refractivity contribution in [3.8, 4) is 0 Å². The van der Waals surface area contributed by atoms with Crippen LogP contribution < -0.4 is 0 Å². The second-order valence-corrected chi connectivity index (χ2v) is 6.23. The average molecular weight is 307 g/mol. The Kier molecular flexibility index (Phi) is 3.83. The lowest BCUT2D eigenvalue weighted by Gasteiger charge is -1.97. The average Bonchev–Trinajstić information content (AvgIpc) is 3.11. The molecule has 0 aromatic carbocycles. The number of thiazole rings is 1. The van der Waals surface area contributed by atoms with Gasteiger partial charge in [-0.15, -0.1) is 21.5 Å². The number of hydrogen-bond donors (Lipinski definition) is 0. The molecular formula is C12H13N5OS2. The molecule has 0 saturated carbocycles. The Morgan fingerprint density at radius 1 is 1.40 bits per heavy atom. The minimum Gasteiger partial charge on any atom is -0.416 e. The van der Waals surface area contributed by atoms with Crippen LogP contribution in [0.2, 0.25) is 0 Å².